The third-order valence-corrected chi connectivity index (χ3v) is 5.45. The van der Waals surface area contributed by atoms with Crippen molar-refractivity contribution >= 4 is 38.9 Å². The maximum atomic E-state index is 12.1. The number of hydrogen-bond acceptors (Lipinski definition) is 4. The fraction of sp³-hybridized carbons (Fsp3) is 0.500. The van der Waals surface area contributed by atoms with E-state index in [0.29, 0.717) is 28.6 Å². The van der Waals surface area contributed by atoms with Gasteiger partial charge >= 0.3 is 0 Å². The van der Waals surface area contributed by atoms with E-state index < -0.39 is 15.3 Å². The number of halogens is 1. The summed E-state index contributed by atoms with van der Waals surface area (Å²) in [5.41, 5.74) is 0. The second-order valence-corrected chi connectivity index (χ2v) is 7.77. The lowest BCUT2D eigenvalue weighted by molar-refractivity contribution is 0.0732. The molecule has 0 saturated carbocycles. The Kier molecular flexibility index (Phi) is 3.96. The molecule has 2 N–H and O–H groups in total. The van der Waals surface area contributed by atoms with Gasteiger partial charge in [0.1, 0.15) is 0 Å². The van der Waals surface area contributed by atoms with Crippen molar-refractivity contribution in [2.75, 3.05) is 13.1 Å². The number of primary sulfonamides is 1. The lowest BCUT2D eigenvalue weighted by atomic mass is 10.1. The molecular formula is C10H13ClN2O3S2. The van der Waals surface area contributed by atoms with E-state index in [4.69, 9.17) is 16.7 Å². The summed E-state index contributed by atoms with van der Waals surface area (Å²) in [6.07, 6.45) is 1.15. The molecule has 100 valence electrons. The predicted octanol–water partition coefficient (Wildman–Crippen LogP) is 1.29. The molecule has 0 spiro atoms. The molecule has 1 atom stereocenters. The van der Waals surface area contributed by atoms with Crippen molar-refractivity contribution in [3.8, 4) is 0 Å². The van der Waals surface area contributed by atoms with Crippen LogP contribution in [0.25, 0.3) is 0 Å². The van der Waals surface area contributed by atoms with E-state index in [0.717, 1.165) is 0 Å². The van der Waals surface area contributed by atoms with Crippen LogP contribution in [0.5, 0.6) is 0 Å². The molecule has 0 radical (unpaired) electrons. The van der Waals surface area contributed by atoms with E-state index in [9.17, 15) is 13.2 Å². The third kappa shape index (κ3) is 3.03. The molecule has 0 aliphatic carbocycles. The molecule has 1 fully saturated rings. The van der Waals surface area contributed by atoms with Crippen molar-refractivity contribution in [1.82, 2.24) is 4.90 Å². The minimum atomic E-state index is -3.59. The van der Waals surface area contributed by atoms with Crippen molar-refractivity contribution < 1.29 is 13.2 Å². The van der Waals surface area contributed by atoms with Crippen LogP contribution < -0.4 is 5.14 Å². The molecule has 0 bridgehead atoms. The Balaban J connectivity index is 2.12. The highest BCUT2D eigenvalue weighted by molar-refractivity contribution is 7.89. The predicted molar refractivity (Wildman–Crippen MR) is 71.4 cm³/mol. The summed E-state index contributed by atoms with van der Waals surface area (Å²) < 4.78 is 23.2. The molecule has 0 aromatic carbocycles. The molecule has 1 aliphatic rings. The van der Waals surface area contributed by atoms with Crippen molar-refractivity contribution in [3.63, 3.8) is 0 Å². The molecule has 1 aliphatic heterocycles. The SMILES string of the molecule is NS(=O)(=O)C1CCCN(C(=O)c2ccc(Cl)s2)C1. The number of nitrogens with two attached hydrogens (primary N) is 1. The van der Waals surface area contributed by atoms with E-state index in [-0.39, 0.29) is 12.5 Å². The Labute approximate surface area is 115 Å². The lowest BCUT2D eigenvalue weighted by Gasteiger charge is -2.31. The minimum Gasteiger partial charge on any atom is -0.337 e. The average molecular weight is 309 g/mol. The molecule has 8 heteroatoms. The first kappa shape index (κ1) is 13.8. The number of amides is 1. The van der Waals surface area contributed by atoms with Crippen molar-refractivity contribution in [1.29, 1.82) is 0 Å². The van der Waals surface area contributed by atoms with Gasteiger partial charge in [0.25, 0.3) is 5.91 Å². The fourth-order valence-electron chi connectivity index (χ4n) is 1.98. The van der Waals surface area contributed by atoms with Crippen LogP contribution in [0.4, 0.5) is 0 Å². The highest BCUT2D eigenvalue weighted by atomic mass is 35.5. The number of hydrogen-bond donors (Lipinski definition) is 1. The number of thiophene rings is 1. The van der Waals surface area contributed by atoms with Gasteiger partial charge in [-0.1, -0.05) is 11.6 Å². The topological polar surface area (TPSA) is 80.5 Å². The summed E-state index contributed by atoms with van der Waals surface area (Å²) >= 11 is 6.97. The quantitative estimate of drug-likeness (QED) is 0.894. The van der Waals surface area contributed by atoms with Crippen LogP contribution in [-0.4, -0.2) is 37.6 Å². The van der Waals surface area contributed by atoms with Gasteiger partial charge < -0.3 is 4.90 Å². The van der Waals surface area contributed by atoms with Crippen LogP contribution in [0.15, 0.2) is 12.1 Å². The van der Waals surface area contributed by atoms with E-state index in [1.165, 1.54) is 16.2 Å². The largest absolute Gasteiger partial charge is 0.337 e. The van der Waals surface area contributed by atoms with Gasteiger partial charge in [-0.25, -0.2) is 13.6 Å². The number of likely N-dealkylation sites (tertiary alicyclic amines) is 1. The Hall–Kier alpha value is -0.630. The summed E-state index contributed by atoms with van der Waals surface area (Å²) in [4.78, 5) is 14.2. The van der Waals surface area contributed by atoms with E-state index in [1.54, 1.807) is 12.1 Å². The zero-order chi connectivity index (χ0) is 13.3. The lowest BCUT2D eigenvalue weighted by Crippen LogP contribution is -2.46. The molecule has 2 rings (SSSR count). The summed E-state index contributed by atoms with van der Waals surface area (Å²) in [5, 5.41) is 4.47. The highest BCUT2D eigenvalue weighted by Crippen LogP contribution is 2.24. The van der Waals surface area contributed by atoms with Crippen LogP contribution in [0.1, 0.15) is 22.5 Å². The Morgan fingerprint density at radius 1 is 1.50 bits per heavy atom. The number of rotatable bonds is 2. The highest BCUT2D eigenvalue weighted by Gasteiger charge is 2.31. The van der Waals surface area contributed by atoms with Crippen molar-refractivity contribution in [2.45, 2.75) is 18.1 Å². The summed E-state index contributed by atoms with van der Waals surface area (Å²) in [5.74, 6) is -0.180. The third-order valence-electron chi connectivity index (χ3n) is 2.91. The van der Waals surface area contributed by atoms with Crippen LogP contribution >= 0.6 is 22.9 Å². The standard InChI is InChI=1S/C10H13ClN2O3S2/c11-9-4-3-8(17-9)10(14)13-5-1-2-7(6-13)18(12,15)16/h3-4,7H,1-2,5-6H2,(H2,12,15,16). The van der Waals surface area contributed by atoms with Crippen LogP contribution in [-0.2, 0) is 10.0 Å². The van der Waals surface area contributed by atoms with E-state index >= 15 is 0 Å². The molecule has 1 amide bonds. The molecule has 5 nitrogen and oxygen atoms in total. The van der Waals surface area contributed by atoms with Crippen molar-refractivity contribution in [2.24, 2.45) is 5.14 Å². The smallest absolute Gasteiger partial charge is 0.264 e. The van der Waals surface area contributed by atoms with Gasteiger partial charge in [0, 0.05) is 13.1 Å². The van der Waals surface area contributed by atoms with Gasteiger partial charge in [-0.05, 0) is 25.0 Å². The monoisotopic (exact) mass is 308 g/mol. The number of piperidine rings is 1. The first-order chi connectivity index (χ1) is 8.38. The second kappa shape index (κ2) is 5.16. The van der Waals surface area contributed by atoms with Crippen LogP contribution in [0, 0.1) is 0 Å². The Morgan fingerprint density at radius 3 is 2.78 bits per heavy atom. The maximum absolute atomic E-state index is 12.1. The van der Waals surface area contributed by atoms with Crippen molar-refractivity contribution in [3.05, 3.63) is 21.3 Å². The number of carbonyl (C=O) groups excluding carboxylic acids is 1. The number of sulfonamides is 1. The van der Waals surface area contributed by atoms with E-state index in [1.807, 2.05) is 0 Å². The fourth-order valence-corrected chi connectivity index (χ4v) is 3.87. The van der Waals surface area contributed by atoms with Gasteiger partial charge in [-0.3, -0.25) is 4.79 Å². The minimum absolute atomic E-state index is 0.160. The molecule has 1 saturated heterocycles. The summed E-state index contributed by atoms with van der Waals surface area (Å²) in [6, 6.07) is 3.30. The number of carbonyl (C=O) groups is 1. The average Bonchev–Trinajstić information content (AvgIpc) is 2.74. The molecule has 1 aromatic rings. The van der Waals surface area contributed by atoms with Gasteiger partial charge in [-0.15, -0.1) is 11.3 Å². The van der Waals surface area contributed by atoms with Crippen LogP contribution in [0.3, 0.4) is 0 Å². The molecular weight excluding hydrogens is 296 g/mol. The Morgan fingerprint density at radius 2 is 2.22 bits per heavy atom. The zero-order valence-corrected chi connectivity index (χ0v) is 11.9. The summed E-state index contributed by atoms with van der Waals surface area (Å²) in [7, 11) is -3.59. The normalized spacial score (nSPS) is 21.0. The molecule has 1 unspecified atom stereocenters. The van der Waals surface area contributed by atoms with Gasteiger partial charge in [0.2, 0.25) is 10.0 Å². The Bertz CT molecular complexity index is 555. The second-order valence-electron chi connectivity index (χ2n) is 4.21. The van der Waals surface area contributed by atoms with Gasteiger partial charge in [0.05, 0.1) is 14.5 Å². The van der Waals surface area contributed by atoms with E-state index in [2.05, 4.69) is 0 Å². The zero-order valence-electron chi connectivity index (χ0n) is 9.50. The molecule has 1 aromatic heterocycles. The first-order valence-electron chi connectivity index (χ1n) is 5.44. The summed E-state index contributed by atoms with van der Waals surface area (Å²) in [6.45, 7) is 0.716. The van der Waals surface area contributed by atoms with Gasteiger partial charge in [0.15, 0.2) is 0 Å². The van der Waals surface area contributed by atoms with Crippen LogP contribution in [0.2, 0.25) is 4.34 Å². The maximum Gasteiger partial charge on any atom is 0.264 e. The van der Waals surface area contributed by atoms with Gasteiger partial charge in [-0.2, -0.15) is 0 Å². The molecule has 2 heterocycles. The number of nitrogens with zero attached hydrogens (tertiary/aromatic N) is 1. The molecule has 18 heavy (non-hydrogen) atoms. The first-order valence-corrected chi connectivity index (χ1v) is 8.24.